The zero-order valence-corrected chi connectivity index (χ0v) is 12.1. The van der Waals surface area contributed by atoms with Gasteiger partial charge in [-0.15, -0.1) is 0 Å². The number of halogens is 3. The average Bonchev–Trinajstić information content (AvgIpc) is 2.46. The van der Waals surface area contributed by atoms with Crippen LogP contribution in [0.3, 0.4) is 0 Å². The molecule has 0 bridgehead atoms. The summed E-state index contributed by atoms with van der Waals surface area (Å²) in [5.74, 6) is 1.03. The SMILES string of the molecule is CCC1CCC(O)(CNc2ccc(C(F)(F)F)cn2)CC1. The number of aliphatic hydroxyl groups is 1. The van der Waals surface area contributed by atoms with E-state index in [0.717, 1.165) is 44.4 Å². The molecule has 3 nitrogen and oxygen atoms in total. The van der Waals surface area contributed by atoms with Gasteiger partial charge in [-0.05, 0) is 43.7 Å². The molecule has 0 atom stereocenters. The Morgan fingerprint density at radius 3 is 2.48 bits per heavy atom. The highest BCUT2D eigenvalue weighted by Crippen LogP contribution is 2.34. The summed E-state index contributed by atoms with van der Waals surface area (Å²) in [4.78, 5) is 3.75. The second-order valence-corrected chi connectivity index (χ2v) is 5.86. The third-order valence-corrected chi connectivity index (χ3v) is 4.30. The van der Waals surface area contributed by atoms with Crippen LogP contribution in [0.25, 0.3) is 0 Å². The lowest BCUT2D eigenvalue weighted by atomic mass is 9.78. The monoisotopic (exact) mass is 302 g/mol. The van der Waals surface area contributed by atoms with Crippen molar-refractivity contribution in [2.45, 2.75) is 50.8 Å². The first-order chi connectivity index (χ1) is 9.82. The molecule has 2 N–H and O–H groups in total. The lowest BCUT2D eigenvalue weighted by Crippen LogP contribution is -2.40. The van der Waals surface area contributed by atoms with Gasteiger partial charge in [0.25, 0.3) is 0 Å². The summed E-state index contributed by atoms with van der Waals surface area (Å²) in [6.07, 6.45) is 0.995. The predicted octanol–water partition coefficient (Wildman–Crippen LogP) is 3.84. The fraction of sp³-hybridized carbons (Fsp3) is 0.667. The maximum atomic E-state index is 12.4. The van der Waals surface area contributed by atoms with Crippen molar-refractivity contribution in [3.05, 3.63) is 23.9 Å². The lowest BCUT2D eigenvalue weighted by Gasteiger charge is -2.36. The number of pyridine rings is 1. The van der Waals surface area contributed by atoms with Crippen molar-refractivity contribution < 1.29 is 18.3 Å². The summed E-state index contributed by atoms with van der Waals surface area (Å²) in [5.41, 5.74) is -1.55. The number of alkyl halides is 3. The molecule has 0 aromatic carbocycles. The van der Waals surface area contributed by atoms with Crippen molar-refractivity contribution in [3.63, 3.8) is 0 Å². The summed E-state index contributed by atoms with van der Waals surface area (Å²) >= 11 is 0. The molecule has 1 aliphatic rings. The van der Waals surface area contributed by atoms with E-state index in [0.29, 0.717) is 18.3 Å². The largest absolute Gasteiger partial charge is 0.417 e. The number of nitrogens with one attached hydrogen (secondary N) is 1. The first-order valence-electron chi connectivity index (χ1n) is 7.32. The molecule has 118 valence electrons. The van der Waals surface area contributed by atoms with Crippen LogP contribution in [0.4, 0.5) is 19.0 Å². The number of aromatic nitrogens is 1. The number of rotatable bonds is 4. The highest BCUT2D eigenvalue weighted by molar-refractivity contribution is 5.36. The standard InChI is InChI=1S/C15H21F3N2O/c1-2-11-5-7-14(21,8-6-11)10-20-13-4-3-12(9-19-13)15(16,17)18/h3-4,9,11,21H,2,5-8,10H2,1H3,(H,19,20). The van der Waals surface area contributed by atoms with E-state index in [4.69, 9.17) is 0 Å². The summed E-state index contributed by atoms with van der Waals surface area (Å²) in [6, 6.07) is 2.29. The molecule has 1 aromatic rings. The summed E-state index contributed by atoms with van der Waals surface area (Å²) < 4.78 is 37.3. The van der Waals surface area contributed by atoms with Crippen LogP contribution in [0.5, 0.6) is 0 Å². The molecular weight excluding hydrogens is 281 g/mol. The summed E-state index contributed by atoms with van der Waals surface area (Å²) in [7, 11) is 0. The van der Waals surface area contributed by atoms with Crippen LogP contribution in [0, 0.1) is 5.92 Å². The fourth-order valence-electron chi connectivity index (χ4n) is 2.72. The van der Waals surface area contributed by atoms with Crippen LogP contribution in [0.2, 0.25) is 0 Å². The Labute approximate surface area is 122 Å². The molecule has 1 heterocycles. The Balaban J connectivity index is 1.88. The normalized spacial score (nSPS) is 26.6. The van der Waals surface area contributed by atoms with Crippen LogP contribution in [-0.4, -0.2) is 22.2 Å². The Kier molecular flexibility index (Phi) is 4.76. The number of hydrogen-bond donors (Lipinski definition) is 2. The van der Waals surface area contributed by atoms with Gasteiger partial charge in [0.05, 0.1) is 11.2 Å². The Hall–Kier alpha value is -1.30. The van der Waals surface area contributed by atoms with Crippen molar-refractivity contribution in [2.75, 3.05) is 11.9 Å². The molecule has 0 saturated heterocycles. The van der Waals surface area contributed by atoms with E-state index in [2.05, 4.69) is 17.2 Å². The van der Waals surface area contributed by atoms with E-state index >= 15 is 0 Å². The minimum absolute atomic E-state index is 0.321. The first-order valence-corrected chi connectivity index (χ1v) is 7.32. The zero-order chi connectivity index (χ0) is 15.5. The number of anilines is 1. The Morgan fingerprint density at radius 2 is 2.00 bits per heavy atom. The molecule has 1 aromatic heterocycles. The van der Waals surface area contributed by atoms with Crippen molar-refractivity contribution in [2.24, 2.45) is 5.92 Å². The van der Waals surface area contributed by atoms with Gasteiger partial charge >= 0.3 is 6.18 Å². The van der Waals surface area contributed by atoms with Gasteiger partial charge in [-0.25, -0.2) is 4.98 Å². The molecule has 1 aliphatic carbocycles. The topological polar surface area (TPSA) is 45.1 Å². The second-order valence-electron chi connectivity index (χ2n) is 5.86. The van der Waals surface area contributed by atoms with Crippen LogP contribution in [0.1, 0.15) is 44.6 Å². The minimum Gasteiger partial charge on any atom is -0.388 e. The molecule has 21 heavy (non-hydrogen) atoms. The maximum absolute atomic E-state index is 12.4. The van der Waals surface area contributed by atoms with Crippen LogP contribution < -0.4 is 5.32 Å². The quantitative estimate of drug-likeness (QED) is 0.888. The van der Waals surface area contributed by atoms with Gasteiger partial charge in [-0.3, -0.25) is 0 Å². The van der Waals surface area contributed by atoms with Gasteiger partial charge in [-0.1, -0.05) is 13.3 Å². The molecule has 2 rings (SSSR count). The molecular formula is C15H21F3N2O. The highest BCUT2D eigenvalue weighted by atomic mass is 19.4. The summed E-state index contributed by atoms with van der Waals surface area (Å²) in [5, 5.41) is 13.4. The molecule has 1 fully saturated rings. The fourth-order valence-corrected chi connectivity index (χ4v) is 2.72. The van der Waals surface area contributed by atoms with Gasteiger partial charge in [0, 0.05) is 12.7 Å². The molecule has 1 saturated carbocycles. The molecule has 0 unspecified atom stereocenters. The molecule has 0 radical (unpaired) electrons. The third-order valence-electron chi connectivity index (χ3n) is 4.30. The van der Waals surface area contributed by atoms with E-state index in [1.54, 1.807) is 0 Å². The molecule has 0 spiro atoms. The summed E-state index contributed by atoms with van der Waals surface area (Å²) in [6.45, 7) is 2.47. The number of hydrogen-bond acceptors (Lipinski definition) is 3. The van der Waals surface area contributed by atoms with Crippen LogP contribution in [-0.2, 0) is 6.18 Å². The van der Waals surface area contributed by atoms with Gasteiger partial charge in [-0.2, -0.15) is 13.2 Å². The van der Waals surface area contributed by atoms with Crippen molar-refractivity contribution in [1.29, 1.82) is 0 Å². The Morgan fingerprint density at radius 1 is 1.33 bits per heavy atom. The maximum Gasteiger partial charge on any atom is 0.417 e. The van der Waals surface area contributed by atoms with E-state index < -0.39 is 17.3 Å². The second kappa shape index (κ2) is 6.22. The smallest absolute Gasteiger partial charge is 0.388 e. The van der Waals surface area contributed by atoms with Gasteiger partial charge < -0.3 is 10.4 Å². The van der Waals surface area contributed by atoms with Crippen LogP contribution in [0.15, 0.2) is 18.3 Å². The predicted molar refractivity (Wildman–Crippen MR) is 74.9 cm³/mol. The van der Waals surface area contributed by atoms with E-state index in [1.165, 1.54) is 6.07 Å². The zero-order valence-electron chi connectivity index (χ0n) is 12.1. The van der Waals surface area contributed by atoms with Gasteiger partial charge in [0.15, 0.2) is 0 Å². The third kappa shape index (κ3) is 4.33. The first kappa shape index (κ1) is 16.1. The molecule has 0 amide bonds. The van der Waals surface area contributed by atoms with E-state index in [-0.39, 0.29) is 0 Å². The Bertz CT molecular complexity index is 451. The van der Waals surface area contributed by atoms with Gasteiger partial charge in [0.2, 0.25) is 0 Å². The lowest BCUT2D eigenvalue weighted by molar-refractivity contribution is -0.137. The van der Waals surface area contributed by atoms with Crippen LogP contribution >= 0.6 is 0 Å². The van der Waals surface area contributed by atoms with Crippen molar-refractivity contribution in [3.8, 4) is 0 Å². The van der Waals surface area contributed by atoms with Crippen molar-refractivity contribution in [1.82, 2.24) is 4.98 Å². The van der Waals surface area contributed by atoms with Gasteiger partial charge in [0.1, 0.15) is 5.82 Å². The van der Waals surface area contributed by atoms with Crippen molar-refractivity contribution >= 4 is 5.82 Å². The highest BCUT2D eigenvalue weighted by Gasteiger charge is 2.33. The van der Waals surface area contributed by atoms with E-state index in [1.807, 2.05) is 0 Å². The molecule has 6 heteroatoms. The van der Waals surface area contributed by atoms with E-state index in [9.17, 15) is 18.3 Å². The minimum atomic E-state index is -4.37. The average molecular weight is 302 g/mol. The molecule has 0 aliphatic heterocycles. The number of nitrogens with zero attached hydrogens (tertiary/aromatic N) is 1.